The van der Waals surface area contributed by atoms with Crippen LogP contribution in [-0.2, 0) is 0 Å². The second kappa shape index (κ2) is 2.47. The van der Waals surface area contributed by atoms with Crippen LogP contribution < -0.4 is 0 Å². The molecular formula is C8H4ClFS. The first kappa shape index (κ1) is 7.07. The first-order chi connectivity index (χ1) is 5.25. The lowest BCUT2D eigenvalue weighted by atomic mass is 10.3. The fourth-order valence-electron chi connectivity index (χ4n) is 0.973. The van der Waals surface area contributed by atoms with Gasteiger partial charge in [-0.2, -0.15) is 4.39 Å². The van der Waals surface area contributed by atoms with Crippen LogP contribution in [0.15, 0.2) is 24.3 Å². The van der Waals surface area contributed by atoms with Crippen LogP contribution in [-0.4, -0.2) is 0 Å². The van der Waals surface area contributed by atoms with E-state index in [1.807, 2.05) is 6.07 Å². The standard InChI is InChI=1S/C8H4ClFS/c9-6-2-1-5-3-8(10)11-7(5)4-6/h1-4H. The van der Waals surface area contributed by atoms with E-state index < -0.39 is 0 Å². The second-order valence-corrected chi connectivity index (χ2v) is 3.70. The molecule has 3 heteroatoms. The highest BCUT2D eigenvalue weighted by atomic mass is 35.5. The van der Waals surface area contributed by atoms with Crippen LogP contribution in [0.3, 0.4) is 0 Å². The SMILES string of the molecule is Fc1cc2ccc(Cl)cc2s1. The summed E-state index contributed by atoms with van der Waals surface area (Å²) in [5.74, 6) is 0. The Hall–Kier alpha value is -0.600. The molecule has 0 N–H and O–H groups in total. The van der Waals surface area contributed by atoms with Crippen molar-refractivity contribution < 1.29 is 4.39 Å². The Labute approximate surface area is 72.2 Å². The molecule has 1 aromatic carbocycles. The predicted molar refractivity (Wildman–Crippen MR) is 46.8 cm³/mol. The number of hydrogen-bond acceptors (Lipinski definition) is 1. The summed E-state index contributed by atoms with van der Waals surface area (Å²) in [5.41, 5.74) is 0. The molecule has 11 heavy (non-hydrogen) atoms. The molecule has 0 aliphatic heterocycles. The molecule has 2 aromatic rings. The van der Waals surface area contributed by atoms with Gasteiger partial charge in [0.15, 0.2) is 5.13 Å². The summed E-state index contributed by atoms with van der Waals surface area (Å²) in [4.78, 5) is 0. The Bertz CT molecular complexity index is 394. The van der Waals surface area contributed by atoms with E-state index in [-0.39, 0.29) is 5.13 Å². The van der Waals surface area contributed by atoms with E-state index in [0.717, 1.165) is 21.4 Å². The number of rotatable bonds is 0. The largest absolute Gasteiger partial charge is 0.195 e. The van der Waals surface area contributed by atoms with Crippen molar-refractivity contribution in [2.45, 2.75) is 0 Å². The van der Waals surface area contributed by atoms with Crippen LogP contribution in [0, 0.1) is 5.13 Å². The smallest absolute Gasteiger partial charge is 0.177 e. The van der Waals surface area contributed by atoms with E-state index in [1.165, 1.54) is 6.07 Å². The quantitative estimate of drug-likeness (QED) is 0.589. The zero-order valence-corrected chi connectivity index (χ0v) is 7.05. The van der Waals surface area contributed by atoms with Crippen molar-refractivity contribution in [2.75, 3.05) is 0 Å². The summed E-state index contributed by atoms with van der Waals surface area (Å²) in [5, 5.41) is 1.40. The van der Waals surface area contributed by atoms with Crippen molar-refractivity contribution in [1.82, 2.24) is 0 Å². The molecule has 0 radical (unpaired) electrons. The van der Waals surface area contributed by atoms with Gasteiger partial charge in [-0.25, -0.2) is 0 Å². The predicted octanol–water partition coefficient (Wildman–Crippen LogP) is 3.69. The number of halogens is 2. The second-order valence-electron chi connectivity index (χ2n) is 2.23. The fraction of sp³-hybridized carbons (Fsp3) is 0. The average Bonchev–Trinajstić information content (AvgIpc) is 2.27. The Kier molecular flexibility index (Phi) is 1.59. The molecule has 2 rings (SSSR count). The van der Waals surface area contributed by atoms with Gasteiger partial charge in [-0.05, 0) is 23.6 Å². The summed E-state index contributed by atoms with van der Waals surface area (Å²) in [7, 11) is 0. The highest BCUT2D eigenvalue weighted by molar-refractivity contribution is 7.17. The third-order valence-corrected chi connectivity index (χ3v) is 2.57. The van der Waals surface area contributed by atoms with Crippen LogP contribution in [0.1, 0.15) is 0 Å². The number of benzene rings is 1. The van der Waals surface area contributed by atoms with Crippen LogP contribution in [0.25, 0.3) is 10.1 Å². The van der Waals surface area contributed by atoms with Gasteiger partial charge >= 0.3 is 0 Å². The zero-order valence-electron chi connectivity index (χ0n) is 5.47. The normalized spacial score (nSPS) is 10.7. The number of fused-ring (bicyclic) bond motifs is 1. The van der Waals surface area contributed by atoms with Gasteiger partial charge in [-0.3, -0.25) is 0 Å². The first-order valence-corrected chi connectivity index (χ1v) is 4.30. The van der Waals surface area contributed by atoms with Crippen LogP contribution in [0.5, 0.6) is 0 Å². The van der Waals surface area contributed by atoms with E-state index in [0.29, 0.717) is 5.02 Å². The molecule has 0 atom stereocenters. The number of hydrogen-bond donors (Lipinski definition) is 0. The lowest BCUT2D eigenvalue weighted by Gasteiger charge is -1.87. The maximum atomic E-state index is 12.6. The van der Waals surface area contributed by atoms with Gasteiger partial charge in [-0.15, -0.1) is 11.3 Å². The van der Waals surface area contributed by atoms with Crippen molar-refractivity contribution in [3.63, 3.8) is 0 Å². The minimum Gasteiger partial charge on any atom is -0.195 e. The molecule has 0 fully saturated rings. The van der Waals surface area contributed by atoms with Gasteiger partial charge in [-0.1, -0.05) is 17.7 Å². The molecule has 0 amide bonds. The summed E-state index contributed by atoms with van der Waals surface area (Å²) < 4.78 is 13.5. The van der Waals surface area contributed by atoms with Crippen molar-refractivity contribution in [3.8, 4) is 0 Å². The Morgan fingerprint density at radius 2 is 2.09 bits per heavy atom. The molecule has 1 aromatic heterocycles. The Balaban J connectivity index is 2.82. The maximum Gasteiger partial charge on any atom is 0.177 e. The lowest BCUT2D eigenvalue weighted by molar-refractivity contribution is 0.658. The van der Waals surface area contributed by atoms with Crippen molar-refractivity contribution in [1.29, 1.82) is 0 Å². The maximum absolute atomic E-state index is 12.6. The summed E-state index contributed by atoms with van der Waals surface area (Å²) >= 11 is 6.83. The molecule has 1 heterocycles. The lowest BCUT2D eigenvalue weighted by Crippen LogP contribution is -1.61. The molecule has 0 spiro atoms. The van der Waals surface area contributed by atoms with Gasteiger partial charge in [0.05, 0.1) is 0 Å². The monoisotopic (exact) mass is 186 g/mol. The van der Waals surface area contributed by atoms with E-state index in [2.05, 4.69) is 0 Å². The summed E-state index contributed by atoms with van der Waals surface area (Å²) in [6, 6.07) is 6.86. The molecule has 56 valence electrons. The van der Waals surface area contributed by atoms with Crippen LogP contribution in [0.2, 0.25) is 5.02 Å². The van der Waals surface area contributed by atoms with Gasteiger partial charge in [0.1, 0.15) is 0 Å². The topological polar surface area (TPSA) is 0 Å². The van der Waals surface area contributed by atoms with E-state index >= 15 is 0 Å². The van der Waals surface area contributed by atoms with Crippen LogP contribution in [0.4, 0.5) is 4.39 Å². The Morgan fingerprint density at radius 1 is 1.27 bits per heavy atom. The minimum absolute atomic E-state index is 0.165. The van der Waals surface area contributed by atoms with E-state index in [4.69, 9.17) is 11.6 Å². The fourth-order valence-corrected chi connectivity index (χ4v) is 2.04. The van der Waals surface area contributed by atoms with Gasteiger partial charge < -0.3 is 0 Å². The molecule has 0 unspecified atom stereocenters. The number of thiophene rings is 1. The van der Waals surface area contributed by atoms with E-state index in [9.17, 15) is 4.39 Å². The summed E-state index contributed by atoms with van der Waals surface area (Å²) in [6.07, 6.45) is 0. The van der Waals surface area contributed by atoms with Crippen molar-refractivity contribution in [3.05, 3.63) is 34.4 Å². The molecule has 0 saturated carbocycles. The molecule has 0 aliphatic rings. The summed E-state index contributed by atoms with van der Waals surface area (Å²) in [6.45, 7) is 0. The van der Waals surface area contributed by atoms with Crippen molar-refractivity contribution in [2.24, 2.45) is 0 Å². The Morgan fingerprint density at radius 3 is 2.91 bits per heavy atom. The zero-order chi connectivity index (χ0) is 7.84. The van der Waals surface area contributed by atoms with Crippen molar-refractivity contribution >= 4 is 33.0 Å². The highest BCUT2D eigenvalue weighted by Gasteiger charge is 1.99. The molecular weight excluding hydrogens is 183 g/mol. The molecule has 0 saturated heterocycles. The van der Waals surface area contributed by atoms with Crippen LogP contribution >= 0.6 is 22.9 Å². The van der Waals surface area contributed by atoms with Gasteiger partial charge in [0, 0.05) is 9.72 Å². The van der Waals surface area contributed by atoms with E-state index in [1.54, 1.807) is 12.1 Å². The minimum atomic E-state index is -0.165. The third kappa shape index (κ3) is 1.24. The third-order valence-electron chi connectivity index (χ3n) is 1.45. The molecule has 0 bridgehead atoms. The average molecular weight is 187 g/mol. The van der Waals surface area contributed by atoms with Gasteiger partial charge in [0.2, 0.25) is 0 Å². The highest BCUT2D eigenvalue weighted by Crippen LogP contribution is 2.26. The molecule has 0 aliphatic carbocycles. The molecule has 0 nitrogen and oxygen atoms in total. The first-order valence-electron chi connectivity index (χ1n) is 3.10. The van der Waals surface area contributed by atoms with Gasteiger partial charge in [0.25, 0.3) is 0 Å².